The van der Waals surface area contributed by atoms with Crippen LogP contribution in [0.25, 0.3) is 10.9 Å². The molecular weight excluding hydrogens is 530 g/mol. The van der Waals surface area contributed by atoms with Crippen LogP contribution < -0.4 is 10.2 Å². The van der Waals surface area contributed by atoms with E-state index in [0.717, 1.165) is 6.07 Å². The lowest BCUT2D eigenvalue weighted by Gasteiger charge is -2.40. The van der Waals surface area contributed by atoms with Crippen LogP contribution in [0.15, 0.2) is 36.5 Å². The van der Waals surface area contributed by atoms with Crippen molar-refractivity contribution < 1.29 is 37.4 Å². The zero-order valence-corrected chi connectivity index (χ0v) is 21.8. The van der Waals surface area contributed by atoms with Crippen molar-refractivity contribution in [2.45, 2.75) is 38.5 Å². The lowest BCUT2D eigenvalue weighted by atomic mass is 9.73. The molecule has 1 atom stereocenters. The standard InChI is InChI=1S/C29H29F4N3O4/c1-40-21-4-5-24-22(15-21)26(19(16-30)17-34-24)25(37)6-7-29(28(38)35-39)8-11-36(12-9-29)10-2-3-18-13-20(31)14-23(32)27(18)33/h4-5,13-15,17,25,37,39H,6-12,16H2,1H3,(H,35,38). The Morgan fingerprint density at radius 1 is 1.23 bits per heavy atom. The number of nitrogens with zero attached hydrogens (tertiary/aromatic N) is 2. The molecule has 40 heavy (non-hydrogen) atoms. The van der Waals surface area contributed by atoms with Crippen LogP contribution in [0, 0.1) is 34.7 Å². The fourth-order valence-electron chi connectivity index (χ4n) is 5.16. The predicted molar refractivity (Wildman–Crippen MR) is 139 cm³/mol. The number of amides is 1. The fourth-order valence-corrected chi connectivity index (χ4v) is 5.16. The molecule has 0 spiro atoms. The highest BCUT2D eigenvalue weighted by molar-refractivity contribution is 5.85. The minimum absolute atomic E-state index is 0.112. The second kappa shape index (κ2) is 12.6. The van der Waals surface area contributed by atoms with Crippen LogP contribution >= 0.6 is 0 Å². The summed E-state index contributed by atoms with van der Waals surface area (Å²) in [4.78, 5) is 18.9. The molecule has 11 heteroatoms. The first-order chi connectivity index (χ1) is 19.2. The zero-order chi connectivity index (χ0) is 28.9. The van der Waals surface area contributed by atoms with Gasteiger partial charge < -0.3 is 9.84 Å². The molecule has 212 valence electrons. The van der Waals surface area contributed by atoms with Gasteiger partial charge in [-0.25, -0.2) is 23.0 Å². The maximum absolute atomic E-state index is 13.9. The maximum atomic E-state index is 13.9. The number of hydroxylamine groups is 1. The maximum Gasteiger partial charge on any atom is 0.249 e. The van der Waals surface area contributed by atoms with E-state index in [9.17, 15) is 32.7 Å². The van der Waals surface area contributed by atoms with Gasteiger partial charge in [0.2, 0.25) is 5.91 Å². The van der Waals surface area contributed by atoms with Gasteiger partial charge in [-0.2, -0.15) is 0 Å². The van der Waals surface area contributed by atoms with Crippen molar-refractivity contribution in [3.05, 3.63) is 70.7 Å². The topological polar surface area (TPSA) is 94.9 Å². The largest absolute Gasteiger partial charge is 0.497 e. The van der Waals surface area contributed by atoms with Crippen LogP contribution in [0.4, 0.5) is 17.6 Å². The number of halogens is 4. The van der Waals surface area contributed by atoms with Crippen LogP contribution in [-0.2, 0) is 11.5 Å². The van der Waals surface area contributed by atoms with Gasteiger partial charge in [0.05, 0.1) is 36.3 Å². The van der Waals surface area contributed by atoms with E-state index in [2.05, 4.69) is 16.8 Å². The second-order valence-corrected chi connectivity index (χ2v) is 9.82. The van der Waals surface area contributed by atoms with E-state index >= 15 is 0 Å². The van der Waals surface area contributed by atoms with Crippen molar-refractivity contribution in [2.24, 2.45) is 5.41 Å². The highest BCUT2D eigenvalue weighted by atomic mass is 19.2. The number of aromatic nitrogens is 1. The van der Waals surface area contributed by atoms with Gasteiger partial charge in [0.1, 0.15) is 18.2 Å². The van der Waals surface area contributed by atoms with E-state index in [1.165, 1.54) is 13.3 Å². The van der Waals surface area contributed by atoms with Crippen molar-refractivity contribution in [1.82, 2.24) is 15.4 Å². The molecule has 0 aliphatic carbocycles. The molecule has 7 nitrogen and oxygen atoms in total. The predicted octanol–water partition coefficient (Wildman–Crippen LogP) is 4.58. The Morgan fingerprint density at radius 2 is 1.98 bits per heavy atom. The molecule has 0 radical (unpaired) electrons. The number of likely N-dealkylation sites (tertiary alicyclic amines) is 1. The van der Waals surface area contributed by atoms with E-state index in [1.54, 1.807) is 23.7 Å². The summed E-state index contributed by atoms with van der Waals surface area (Å²) >= 11 is 0. The number of fused-ring (bicyclic) bond motifs is 1. The molecule has 2 heterocycles. The minimum atomic E-state index is -1.32. The van der Waals surface area contributed by atoms with Crippen molar-refractivity contribution >= 4 is 16.8 Å². The lowest BCUT2D eigenvalue weighted by molar-refractivity contribution is -0.143. The fraction of sp³-hybridized carbons (Fsp3) is 0.379. The van der Waals surface area contributed by atoms with Crippen LogP contribution in [0.3, 0.4) is 0 Å². The number of carbonyl (C=O) groups excluding carboxylic acids is 1. The average Bonchev–Trinajstić information content (AvgIpc) is 2.97. The average molecular weight is 560 g/mol. The molecule has 1 fully saturated rings. The summed E-state index contributed by atoms with van der Waals surface area (Å²) in [5.74, 6) is 1.62. The molecule has 1 aromatic heterocycles. The van der Waals surface area contributed by atoms with Crippen LogP contribution in [0.1, 0.15) is 48.5 Å². The van der Waals surface area contributed by atoms with Gasteiger partial charge in [-0.1, -0.05) is 11.8 Å². The van der Waals surface area contributed by atoms with E-state index in [1.807, 2.05) is 4.90 Å². The number of alkyl halides is 1. The normalized spacial score (nSPS) is 15.8. The summed E-state index contributed by atoms with van der Waals surface area (Å²) in [5, 5.41) is 21.2. The van der Waals surface area contributed by atoms with Crippen LogP contribution in [-0.4, -0.2) is 52.8 Å². The highest BCUT2D eigenvalue weighted by Gasteiger charge is 2.41. The highest BCUT2D eigenvalue weighted by Crippen LogP contribution is 2.40. The molecule has 1 saturated heterocycles. The van der Waals surface area contributed by atoms with Crippen molar-refractivity contribution in [3.63, 3.8) is 0 Å². The van der Waals surface area contributed by atoms with Crippen molar-refractivity contribution in [3.8, 4) is 17.6 Å². The number of hydrogen-bond acceptors (Lipinski definition) is 6. The molecule has 0 bridgehead atoms. The number of methoxy groups -OCH3 is 1. The summed E-state index contributed by atoms with van der Waals surface area (Å²) in [7, 11) is 1.50. The number of rotatable bonds is 8. The summed E-state index contributed by atoms with van der Waals surface area (Å²) in [6.07, 6.45) is 1.22. The molecule has 1 aliphatic heterocycles. The Kier molecular flexibility index (Phi) is 9.25. The number of hydrogen-bond donors (Lipinski definition) is 3. The second-order valence-electron chi connectivity index (χ2n) is 9.82. The molecule has 3 aromatic rings. The van der Waals surface area contributed by atoms with E-state index in [-0.39, 0.29) is 30.5 Å². The molecule has 1 unspecified atom stereocenters. The molecule has 1 aliphatic rings. The Balaban J connectivity index is 1.47. The summed E-state index contributed by atoms with van der Waals surface area (Å²) in [5.41, 5.74) is 1.52. The Bertz CT molecular complexity index is 1440. The zero-order valence-electron chi connectivity index (χ0n) is 21.8. The number of nitrogens with one attached hydrogen (secondary N) is 1. The Morgan fingerprint density at radius 3 is 2.65 bits per heavy atom. The van der Waals surface area contributed by atoms with E-state index in [4.69, 9.17) is 4.74 Å². The van der Waals surface area contributed by atoms with E-state index < -0.39 is 41.6 Å². The van der Waals surface area contributed by atoms with Gasteiger partial charge >= 0.3 is 0 Å². The van der Waals surface area contributed by atoms with Gasteiger partial charge in [-0.05, 0) is 55.5 Å². The third-order valence-corrected chi connectivity index (χ3v) is 7.49. The summed E-state index contributed by atoms with van der Waals surface area (Å²) in [6.45, 7) is 0.116. The number of aliphatic hydroxyl groups excluding tert-OH is 1. The molecule has 4 rings (SSSR count). The van der Waals surface area contributed by atoms with Gasteiger partial charge in [0.15, 0.2) is 11.6 Å². The first kappa shape index (κ1) is 29.3. The Labute approximate surface area is 228 Å². The molecular formula is C29H29F4N3O4. The number of benzene rings is 2. The smallest absolute Gasteiger partial charge is 0.249 e. The SMILES string of the molecule is COc1ccc2ncc(CF)c(C(O)CCC3(C(=O)NO)CCN(CC#Cc4cc(F)cc(F)c4F)CC3)c2c1. The third-order valence-electron chi connectivity index (χ3n) is 7.49. The Hall–Kier alpha value is -3.72. The third kappa shape index (κ3) is 6.20. The monoisotopic (exact) mass is 559 g/mol. The minimum Gasteiger partial charge on any atom is -0.497 e. The number of ether oxygens (including phenoxy) is 1. The summed E-state index contributed by atoms with van der Waals surface area (Å²) in [6, 6.07) is 6.37. The van der Waals surface area contributed by atoms with Crippen LogP contribution in [0.2, 0.25) is 0 Å². The molecule has 2 aromatic carbocycles. The number of aliphatic hydroxyl groups is 1. The first-order valence-electron chi connectivity index (χ1n) is 12.7. The number of pyridine rings is 1. The first-order valence-corrected chi connectivity index (χ1v) is 12.7. The molecule has 0 saturated carbocycles. The van der Waals surface area contributed by atoms with Gasteiger partial charge in [-0.3, -0.25) is 19.9 Å². The van der Waals surface area contributed by atoms with Gasteiger partial charge in [0.25, 0.3) is 0 Å². The molecule has 1 amide bonds. The van der Waals surface area contributed by atoms with Crippen LogP contribution in [0.5, 0.6) is 5.75 Å². The summed E-state index contributed by atoms with van der Waals surface area (Å²) < 4.78 is 59.8. The van der Waals surface area contributed by atoms with E-state index in [0.29, 0.717) is 54.2 Å². The van der Waals surface area contributed by atoms with Gasteiger partial charge in [0, 0.05) is 36.3 Å². The number of piperidine rings is 1. The number of carbonyl (C=O) groups is 1. The lowest BCUT2D eigenvalue weighted by Crippen LogP contribution is -2.48. The van der Waals surface area contributed by atoms with Gasteiger partial charge in [-0.15, -0.1) is 0 Å². The molecule has 3 N–H and O–H groups in total. The van der Waals surface area contributed by atoms with Crippen molar-refractivity contribution in [2.75, 3.05) is 26.7 Å². The quantitative estimate of drug-likeness (QED) is 0.123. The van der Waals surface area contributed by atoms with Crippen molar-refractivity contribution in [1.29, 1.82) is 0 Å².